The van der Waals surface area contributed by atoms with E-state index < -0.39 is 0 Å². The summed E-state index contributed by atoms with van der Waals surface area (Å²) in [5, 5.41) is 0. The first-order chi connectivity index (χ1) is 5.03. The second-order valence-corrected chi connectivity index (χ2v) is 4.22. The summed E-state index contributed by atoms with van der Waals surface area (Å²) in [5.74, 6) is 0. The van der Waals surface area contributed by atoms with E-state index in [2.05, 4.69) is 31.8 Å². The molecule has 0 spiro atoms. The van der Waals surface area contributed by atoms with Gasteiger partial charge in [0.15, 0.2) is 0 Å². The second-order valence-electron chi connectivity index (χ2n) is 4.22. The molecule has 0 heterocycles. The third kappa shape index (κ3) is 2.18. The van der Waals surface area contributed by atoms with Gasteiger partial charge in [0.05, 0.1) is 0 Å². The van der Waals surface area contributed by atoms with Gasteiger partial charge in [0.2, 0.25) is 0 Å². The van der Waals surface area contributed by atoms with Gasteiger partial charge in [-0.1, -0.05) is 19.4 Å². The Morgan fingerprint density at radius 1 is 1.36 bits per heavy atom. The molecule has 0 aromatic heterocycles. The number of hydrogen-bond donors (Lipinski definition) is 0. The van der Waals surface area contributed by atoms with Crippen LogP contribution in [0, 0.1) is 5.41 Å². The molecule has 0 unspecified atom stereocenters. The van der Waals surface area contributed by atoms with Crippen LogP contribution in [0.15, 0.2) is 16.6 Å². The molecule has 0 saturated heterocycles. The fourth-order valence-corrected chi connectivity index (χ4v) is 1.84. The van der Waals surface area contributed by atoms with Crippen LogP contribution in [0.5, 0.6) is 0 Å². The summed E-state index contributed by atoms with van der Waals surface area (Å²) in [5.41, 5.74) is 3.13. The summed E-state index contributed by atoms with van der Waals surface area (Å²) >= 11 is 0. The summed E-state index contributed by atoms with van der Waals surface area (Å²) in [7, 11) is 1.88. The van der Waals surface area contributed by atoms with Gasteiger partial charge in [-0.15, -0.1) is 0 Å². The number of hydrogen-bond acceptors (Lipinski definition) is 1. The molecule has 11 heavy (non-hydrogen) atoms. The van der Waals surface area contributed by atoms with E-state index in [4.69, 9.17) is 0 Å². The summed E-state index contributed by atoms with van der Waals surface area (Å²) in [6, 6.07) is 0. The number of allylic oxidation sites excluding steroid dienone is 2. The Morgan fingerprint density at radius 3 is 2.45 bits per heavy atom. The van der Waals surface area contributed by atoms with E-state index in [9.17, 15) is 0 Å². The molecule has 1 nitrogen and oxygen atoms in total. The quantitative estimate of drug-likeness (QED) is 0.505. The molecule has 1 rings (SSSR count). The molecule has 0 aromatic carbocycles. The van der Waals surface area contributed by atoms with E-state index in [1.807, 2.05) is 7.05 Å². The van der Waals surface area contributed by atoms with Crippen LogP contribution in [0.1, 0.15) is 33.6 Å². The normalized spacial score (nSPS) is 26.9. The van der Waals surface area contributed by atoms with Crippen LogP contribution >= 0.6 is 0 Å². The minimum Gasteiger partial charge on any atom is -0.293 e. The molecule has 0 amide bonds. The smallest absolute Gasteiger partial charge is 0.0349 e. The number of aliphatic imine (C=N–C) groups is 1. The van der Waals surface area contributed by atoms with Crippen LogP contribution < -0.4 is 0 Å². The van der Waals surface area contributed by atoms with E-state index >= 15 is 0 Å². The van der Waals surface area contributed by atoms with Crippen molar-refractivity contribution in [2.24, 2.45) is 10.4 Å². The first kappa shape index (κ1) is 8.51. The van der Waals surface area contributed by atoms with Crippen molar-refractivity contribution < 1.29 is 0 Å². The molecule has 0 aliphatic heterocycles. The summed E-state index contributed by atoms with van der Waals surface area (Å²) in [6.07, 6.45) is 4.55. The minimum absolute atomic E-state index is 0.424. The van der Waals surface area contributed by atoms with Crippen molar-refractivity contribution in [3.05, 3.63) is 11.6 Å². The molecule has 0 aromatic rings. The summed E-state index contributed by atoms with van der Waals surface area (Å²) in [4.78, 5) is 4.23. The molecule has 1 aliphatic carbocycles. The van der Waals surface area contributed by atoms with E-state index in [-0.39, 0.29) is 0 Å². The van der Waals surface area contributed by atoms with Crippen molar-refractivity contribution >= 4 is 5.71 Å². The topological polar surface area (TPSA) is 12.4 Å². The van der Waals surface area contributed by atoms with E-state index in [1.54, 1.807) is 0 Å². The van der Waals surface area contributed by atoms with Gasteiger partial charge in [-0.2, -0.15) is 0 Å². The Hall–Kier alpha value is -0.590. The Kier molecular flexibility index (Phi) is 2.17. The lowest BCUT2D eigenvalue weighted by Crippen LogP contribution is -2.21. The predicted octanol–water partition coefficient (Wildman–Crippen LogP) is 2.82. The molecular formula is C10H17N. The Morgan fingerprint density at radius 2 is 2.00 bits per heavy atom. The Labute approximate surface area is 69.2 Å². The molecule has 0 fully saturated rings. The monoisotopic (exact) mass is 151 g/mol. The second kappa shape index (κ2) is 2.80. The van der Waals surface area contributed by atoms with Crippen molar-refractivity contribution in [2.75, 3.05) is 7.05 Å². The molecule has 0 saturated carbocycles. The van der Waals surface area contributed by atoms with Gasteiger partial charge in [-0.05, 0) is 31.3 Å². The van der Waals surface area contributed by atoms with Gasteiger partial charge in [-0.25, -0.2) is 0 Å². The van der Waals surface area contributed by atoms with Crippen LogP contribution in [0.3, 0.4) is 0 Å². The molecule has 0 radical (unpaired) electrons. The van der Waals surface area contributed by atoms with E-state index in [0.717, 1.165) is 6.42 Å². The molecule has 0 atom stereocenters. The van der Waals surface area contributed by atoms with Crippen LogP contribution in [-0.4, -0.2) is 12.8 Å². The molecule has 0 N–H and O–H groups in total. The van der Waals surface area contributed by atoms with E-state index in [0.29, 0.717) is 5.41 Å². The molecule has 1 heteroatoms. The Balaban J connectivity index is 2.86. The van der Waals surface area contributed by atoms with Gasteiger partial charge in [-0.3, -0.25) is 4.99 Å². The summed E-state index contributed by atoms with van der Waals surface area (Å²) in [6.45, 7) is 6.79. The lowest BCUT2D eigenvalue weighted by atomic mass is 9.77. The van der Waals surface area contributed by atoms with E-state index in [1.165, 1.54) is 17.7 Å². The highest BCUT2D eigenvalue weighted by Gasteiger charge is 2.23. The molecule has 0 bridgehead atoms. The van der Waals surface area contributed by atoms with Gasteiger partial charge < -0.3 is 0 Å². The van der Waals surface area contributed by atoms with Crippen molar-refractivity contribution in [3.8, 4) is 0 Å². The fraction of sp³-hybridized carbons (Fsp3) is 0.700. The third-order valence-corrected chi connectivity index (χ3v) is 2.12. The SMILES string of the molecule is CN=C1C=C(C)CC(C)(C)C1. The maximum Gasteiger partial charge on any atom is 0.0349 e. The van der Waals surface area contributed by atoms with Crippen LogP contribution in [0.25, 0.3) is 0 Å². The maximum atomic E-state index is 4.23. The fourth-order valence-electron chi connectivity index (χ4n) is 1.84. The zero-order chi connectivity index (χ0) is 8.48. The highest BCUT2D eigenvalue weighted by atomic mass is 14.7. The average molecular weight is 151 g/mol. The van der Waals surface area contributed by atoms with Crippen molar-refractivity contribution in [2.45, 2.75) is 33.6 Å². The zero-order valence-electron chi connectivity index (χ0n) is 7.94. The van der Waals surface area contributed by atoms with Crippen molar-refractivity contribution in [1.29, 1.82) is 0 Å². The standard InChI is InChI=1S/C10H17N/c1-8-5-9(11-4)7-10(2,3)6-8/h5H,6-7H2,1-4H3. The first-order valence-corrected chi connectivity index (χ1v) is 4.16. The lowest BCUT2D eigenvalue weighted by Gasteiger charge is -2.29. The molecular weight excluding hydrogens is 134 g/mol. The predicted molar refractivity (Wildman–Crippen MR) is 50.1 cm³/mol. The highest BCUT2D eigenvalue weighted by Crippen LogP contribution is 2.33. The van der Waals surface area contributed by atoms with Gasteiger partial charge in [0, 0.05) is 12.8 Å². The minimum atomic E-state index is 0.424. The molecule has 62 valence electrons. The third-order valence-electron chi connectivity index (χ3n) is 2.12. The largest absolute Gasteiger partial charge is 0.293 e. The number of rotatable bonds is 0. The first-order valence-electron chi connectivity index (χ1n) is 4.16. The van der Waals surface area contributed by atoms with Gasteiger partial charge in [0.25, 0.3) is 0 Å². The zero-order valence-corrected chi connectivity index (χ0v) is 7.94. The van der Waals surface area contributed by atoms with Gasteiger partial charge in [0.1, 0.15) is 0 Å². The summed E-state index contributed by atoms with van der Waals surface area (Å²) < 4.78 is 0. The lowest BCUT2D eigenvalue weighted by molar-refractivity contribution is 0.373. The van der Waals surface area contributed by atoms with Gasteiger partial charge >= 0.3 is 0 Å². The van der Waals surface area contributed by atoms with Crippen LogP contribution in [0.2, 0.25) is 0 Å². The maximum absolute atomic E-state index is 4.23. The average Bonchev–Trinajstić information content (AvgIpc) is 1.83. The van der Waals surface area contributed by atoms with Crippen molar-refractivity contribution in [3.63, 3.8) is 0 Å². The molecule has 1 aliphatic rings. The van der Waals surface area contributed by atoms with Crippen LogP contribution in [-0.2, 0) is 0 Å². The van der Waals surface area contributed by atoms with Crippen molar-refractivity contribution in [1.82, 2.24) is 0 Å². The van der Waals surface area contributed by atoms with Crippen LogP contribution in [0.4, 0.5) is 0 Å². The Bertz CT molecular complexity index is 209. The highest BCUT2D eigenvalue weighted by molar-refractivity contribution is 5.96. The number of nitrogens with zero attached hydrogens (tertiary/aromatic N) is 1.